The van der Waals surface area contributed by atoms with E-state index in [1.807, 2.05) is 12.3 Å². The van der Waals surface area contributed by atoms with E-state index in [9.17, 15) is 0 Å². The van der Waals surface area contributed by atoms with Crippen LogP contribution in [0.15, 0.2) is 29.8 Å². The molecule has 4 nitrogen and oxygen atoms in total. The van der Waals surface area contributed by atoms with Gasteiger partial charge in [0.05, 0.1) is 10.2 Å². The van der Waals surface area contributed by atoms with E-state index in [2.05, 4.69) is 39.7 Å². The summed E-state index contributed by atoms with van der Waals surface area (Å²) in [5.41, 5.74) is 3.18. The van der Waals surface area contributed by atoms with Crippen molar-refractivity contribution in [2.75, 3.05) is 11.9 Å². The Labute approximate surface area is 127 Å². The average molecular weight is 296 g/mol. The maximum absolute atomic E-state index is 4.75. The number of hydrogen-bond donors (Lipinski definition) is 1. The van der Waals surface area contributed by atoms with Crippen molar-refractivity contribution in [1.82, 2.24) is 15.0 Å². The van der Waals surface area contributed by atoms with E-state index < -0.39 is 0 Å². The summed E-state index contributed by atoms with van der Waals surface area (Å²) in [7, 11) is 0. The summed E-state index contributed by atoms with van der Waals surface area (Å²) in [6.45, 7) is 2.95. The van der Waals surface area contributed by atoms with Crippen molar-refractivity contribution in [3.05, 3.63) is 35.5 Å². The van der Waals surface area contributed by atoms with Gasteiger partial charge in [-0.05, 0) is 37.3 Å². The highest BCUT2D eigenvalue weighted by Crippen LogP contribution is 2.40. The second-order valence-corrected chi connectivity index (χ2v) is 6.28. The van der Waals surface area contributed by atoms with E-state index in [4.69, 9.17) is 4.98 Å². The van der Waals surface area contributed by atoms with Gasteiger partial charge in [0.1, 0.15) is 5.82 Å². The lowest BCUT2D eigenvalue weighted by Crippen LogP contribution is -2.03. The molecular weight excluding hydrogens is 280 g/mol. The zero-order valence-corrected chi connectivity index (χ0v) is 12.7. The molecule has 1 saturated carbocycles. The maximum atomic E-state index is 4.75. The van der Waals surface area contributed by atoms with Gasteiger partial charge in [-0.3, -0.25) is 4.98 Å². The van der Waals surface area contributed by atoms with Gasteiger partial charge in [-0.15, -0.1) is 11.3 Å². The fraction of sp³-hybridized carbons (Fsp3) is 0.312. The summed E-state index contributed by atoms with van der Waals surface area (Å²) in [6.07, 6.45) is 4.35. The Morgan fingerprint density at radius 3 is 3.00 bits per heavy atom. The van der Waals surface area contributed by atoms with Crippen LogP contribution in [-0.4, -0.2) is 21.5 Å². The quantitative estimate of drug-likeness (QED) is 0.788. The first-order chi connectivity index (χ1) is 10.3. The molecule has 1 fully saturated rings. The van der Waals surface area contributed by atoms with Gasteiger partial charge in [-0.25, -0.2) is 9.97 Å². The fourth-order valence-corrected chi connectivity index (χ4v) is 3.20. The highest BCUT2D eigenvalue weighted by atomic mass is 32.1. The Hall–Kier alpha value is -2.01. The lowest BCUT2D eigenvalue weighted by Gasteiger charge is -2.08. The number of hydrogen-bond acceptors (Lipinski definition) is 5. The van der Waals surface area contributed by atoms with Crippen molar-refractivity contribution < 1.29 is 0 Å². The zero-order valence-electron chi connectivity index (χ0n) is 11.8. The Bertz CT molecular complexity index is 792. The molecule has 1 N–H and O–H groups in total. The van der Waals surface area contributed by atoms with Gasteiger partial charge in [0.2, 0.25) is 0 Å². The van der Waals surface area contributed by atoms with Gasteiger partial charge in [0, 0.05) is 36.0 Å². The third-order valence-electron chi connectivity index (χ3n) is 3.66. The lowest BCUT2D eigenvalue weighted by molar-refractivity contribution is 0.987. The van der Waals surface area contributed by atoms with E-state index in [0.29, 0.717) is 5.92 Å². The molecule has 0 radical (unpaired) electrons. The van der Waals surface area contributed by atoms with Crippen molar-refractivity contribution >= 4 is 27.4 Å². The van der Waals surface area contributed by atoms with Crippen LogP contribution in [-0.2, 0) is 0 Å². The van der Waals surface area contributed by atoms with E-state index in [-0.39, 0.29) is 0 Å². The van der Waals surface area contributed by atoms with Crippen molar-refractivity contribution in [2.24, 2.45) is 0 Å². The van der Waals surface area contributed by atoms with E-state index in [1.54, 1.807) is 11.3 Å². The first-order valence-electron chi connectivity index (χ1n) is 7.30. The Morgan fingerprint density at radius 1 is 1.29 bits per heavy atom. The second kappa shape index (κ2) is 5.07. The molecule has 0 aromatic carbocycles. The monoisotopic (exact) mass is 296 g/mol. The van der Waals surface area contributed by atoms with Crippen LogP contribution in [0.25, 0.3) is 21.6 Å². The molecule has 4 rings (SSSR count). The van der Waals surface area contributed by atoms with Crippen LogP contribution in [0, 0.1) is 0 Å². The number of aromatic nitrogens is 3. The topological polar surface area (TPSA) is 50.7 Å². The zero-order chi connectivity index (χ0) is 14.2. The minimum absolute atomic E-state index is 0.614. The summed E-state index contributed by atoms with van der Waals surface area (Å²) >= 11 is 1.70. The molecule has 21 heavy (non-hydrogen) atoms. The van der Waals surface area contributed by atoms with E-state index in [0.717, 1.165) is 35.0 Å². The minimum atomic E-state index is 0.614. The molecular formula is C16H16N4S. The summed E-state index contributed by atoms with van der Waals surface area (Å²) in [4.78, 5) is 13.9. The van der Waals surface area contributed by atoms with Gasteiger partial charge in [-0.1, -0.05) is 0 Å². The molecule has 0 saturated heterocycles. The molecule has 0 bridgehead atoms. The highest BCUT2D eigenvalue weighted by Gasteiger charge is 2.26. The number of anilines is 1. The first-order valence-corrected chi connectivity index (χ1v) is 8.18. The summed E-state index contributed by atoms with van der Waals surface area (Å²) in [5.74, 6) is 2.30. The van der Waals surface area contributed by atoms with Crippen molar-refractivity contribution in [2.45, 2.75) is 25.7 Å². The third kappa shape index (κ3) is 2.49. The van der Waals surface area contributed by atoms with Crippen molar-refractivity contribution in [3.63, 3.8) is 0 Å². The molecule has 3 heterocycles. The smallest absolute Gasteiger partial charge is 0.163 e. The number of pyridine rings is 1. The molecule has 3 aromatic rings. The fourth-order valence-electron chi connectivity index (χ4n) is 2.42. The second-order valence-electron chi connectivity index (χ2n) is 5.33. The van der Waals surface area contributed by atoms with Gasteiger partial charge < -0.3 is 5.32 Å². The lowest BCUT2D eigenvalue weighted by atomic mass is 10.2. The molecule has 106 valence electrons. The van der Waals surface area contributed by atoms with Crippen LogP contribution in [0.2, 0.25) is 0 Å². The normalized spacial score (nSPS) is 14.5. The van der Waals surface area contributed by atoms with Crippen LogP contribution in [0.4, 0.5) is 5.82 Å². The van der Waals surface area contributed by atoms with Gasteiger partial charge in [0.15, 0.2) is 5.82 Å². The van der Waals surface area contributed by atoms with E-state index in [1.165, 1.54) is 17.5 Å². The van der Waals surface area contributed by atoms with Crippen LogP contribution in [0.5, 0.6) is 0 Å². The van der Waals surface area contributed by atoms with Crippen LogP contribution in [0.3, 0.4) is 0 Å². The SMILES string of the molecule is CCNc1cc(C2CC2)nc(-c2cnc3ccsc3c2)n1. The molecule has 0 atom stereocenters. The van der Waals surface area contributed by atoms with Crippen molar-refractivity contribution in [3.8, 4) is 11.4 Å². The number of fused-ring (bicyclic) bond motifs is 1. The van der Waals surface area contributed by atoms with Gasteiger partial charge in [0.25, 0.3) is 0 Å². The average Bonchev–Trinajstić information content (AvgIpc) is 3.25. The highest BCUT2D eigenvalue weighted by molar-refractivity contribution is 7.17. The van der Waals surface area contributed by atoms with Crippen LogP contribution in [0.1, 0.15) is 31.4 Å². The molecule has 0 spiro atoms. The molecule has 1 aliphatic rings. The predicted octanol–water partition coefficient (Wildman–Crippen LogP) is 4.06. The summed E-state index contributed by atoms with van der Waals surface area (Å²) in [6, 6.07) is 6.26. The molecule has 0 amide bonds. The van der Waals surface area contributed by atoms with Gasteiger partial charge in [-0.2, -0.15) is 0 Å². The summed E-state index contributed by atoms with van der Waals surface area (Å²) < 4.78 is 1.18. The number of thiophene rings is 1. The Kier molecular flexibility index (Phi) is 3.07. The predicted molar refractivity (Wildman–Crippen MR) is 86.8 cm³/mol. The molecule has 0 aliphatic heterocycles. The largest absolute Gasteiger partial charge is 0.370 e. The van der Waals surface area contributed by atoms with E-state index >= 15 is 0 Å². The number of nitrogens with one attached hydrogen (secondary N) is 1. The first kappa shape index (κ1) is 12.7. The number of nitrogens with zero attached hydrogens (tertiary/aromatic N) is 3. The van der Waals surface area contributed by atoms with Crippen LogP contribution < -0.4 is 5.32 Å². The molecule has 3 aromatic heterocycles. The molecule has 5 heteroatoms. The minimum Gasteiger partial charge on any atom is -0.370 e. The van der Waals surface area contributed by atoms with Crippen LogP contribution >= 0.6 is 11.3 Å². The third-order valence-corrected chi connectivity index (χ3v) is 4.51. The van der Waals surface area contributed by atoms with Gasteiger partial charge >= 0.3 is 0 Å². The standard InChI is InChI=1S/C16H16N4S/c1-2-17-15-8-13(10-3-4-10)19-16(20-15)11-7-14-12(18-9-11)5-6-21-14/h5-10H,2-4H2,1H3,(H,17,19,20). The Balaban J connectivity index is 1.81. The maximum Gasteiger partial charge on any atom is 0.163 e. The molecule has 0 unspecified atom stereocenters. The summed E-state index contributed by atoms with van der Waals surface area (Å²) in [5, 5.41) is 5.37. The Morgan fingerprint density at radius 2 is 2.19 bits per heavy atom. The van der Waals surface area contributed by atoms with Crippen molar-refractivity contribution in [1.29, 1.82) is 0 Å². The molecule has 1 aliphatic carbocycles. The number of rotatable bonds is 4.